The molecule has 1 saturated heterocycles. The Morgan fingerprint density at radius 1 is 1.41 bits per heavy atom. The maximum Gasteiger partial charge on any atom is 0.241 e. The molecular weight excluding hydrogens is 240 g/mol. The molecule has 2 rings (SSSR count). The van der Waals surface area contributed by atoms with Crippen LogP contribution in [0.3, 0.4) is 0 Å². The van der Waals surface area contributed by atoms with E-state index in [1.807, 2.05) is 0 Å². The van der Waals surface area contributed by atoms with E-state index in [9.17, 15) is 8.42 Å². The van der Waals surface area contributed by atoms with Gasteiger partial charge in [-0.3, -0.25) is 0 Å². The summed E-state index contributed by atoms with van der Waals surface area (Å²) in [5, 5.41) is 8.35. The maximum atomic E-state index is 11.3. The van der Waals surface area contributed by atoms with Gasteiger partial charge in [-0.2, -0.15) is 0 Å². The van der Waals surface area contributed by atoms with Crippen LogP contribution in [-0.4, -0.2) is 28.1 Å². The third-order valence-electron chi connectivity index (χ3n) is 2.79. The highest BCUT2D eigenvalue weighted by Gasteiger charge is 2.18. The van der Waals surface area contributed by atoms with Gasteiger partial charge in [0.1, 0.15) is 10.6 Å². The third kappa shape index (κ3) is 3.18. The molecular formula is C11H16N2O3S. The molecule has 94 valence electrons. The van der Waals surface area contributed by atoms with Gasteiger partial charge < -0.3 is 10.1 Å². The largest absolute Gasteiger partial charge is 0.492 e. The van der Waals surface area contributed by atoms with Crippen molar-refractivity contribution in [3.05, 3.63) is 24.3 Å². The molecule has 0 aromatic heterocycles. The highest BCUT2D eigenvalue weighted by atomic mass is 32.2. The minimum Gasteiger partial charge on any atom is -0.492 e. The Kier molecular flexibility index (Phi) is 3.66. The molecule has 1 aromatic carbocycles. The Bertz CT molecular complexity index is 481. The molecule has 0 bridgehead atoms. The van der Waals surface area contributed by atoms with Gasteiger partial charge in [-0.1, -0.05) is 12.1 Å². The number of ether oxygens (including phenoxy) is 1. The lowest BCUT2D eigenvalue weighted by molar-refractivity contribution is 0.254. The van der Waals surface area contributed by atoms with Gasteiger partial charge in [0.15, 0.2) is 0 Å². The lowest BCUT2D eigenvalue weighted by atomic mass is 10.1. The molecule has 0 aliphatic carbocycles. The molecule has 6 heteroatoms. The molecule has 1 fully saturated rings. The number of rotatable bonds is 4. The fourth-order valence-electron chi connectivity index (χ4n) is 1.87. The van der Waals surface area contributed by atoms with Gasteiger partial charge in [0.05, 0.1) is 6.61 Å². The third-order valence-corrected chi connectivity index (χ3v) is 3.74. The Morgan fingerprint density at radius 2 is 2.18 bits per heavy atom. The Morgan fingerprint density at radius 3 is 2.82 bits per heavy atom. The Balaban J connectivity index is 2.09. The first-order valence-electron chi connectivity index (χ1n) is 5.53. The SMILES string of the molecule is NS(=O)(=O)c1ccccc1OCC1CCNC1. The predicted molar refractivity (Wildman–Crippen MR) is 64.3 cm³/mol. The molecule has 0 spiro atoms. The summed E-state index contributed by atoms with van der Waals surface area (Å²) in [6, 6.07) is 6.44. The zero-order valence-corrected chi connectivity index (χ0v) is 10.2. The van der Waals surface area contributed by atoms with Gasteiger partial charge in [-0.15, -0.1) is 0 Å². The highest BCUT2D eigenvalue weighted by Crippen LogP contribution is 2.23. The van der Waals surface area contributed by atoms with Gasteiger partial charge in [0, 0.05) is 12.5 Å². The molecule has 1 aliphatic heterocycles. The summed E-state index contributed by atoms with van der Waals surface area (Å²) in [5.41, 5.74) is 0. The molecule has 0 amide bonds. The van der Waals surface area contributed by atoms with Crippen molar-refractivity contribution in [2.24, 2.45) is 11.1 Å². The van der Waals surface area contributed by atoms with E-state index in [4.69, 9.17) is 9.88 Å². The van der Waals surface area contributed by atoms with Crippen LogP contribution in [0.25, 0.3) is 0 Å². The van der Waals surface area contributed by atoms with Crippen molar-refractivity contribution in [3.8, 4) is 5.75 Å². The fraction of sp³-hybridized carbons (Fsp3) is 0.455. The van der Waals surface area contributed by atoms with Crippen molar-refractivity contribution in [1.29, 1.82) is 0 Å². The number of hydrogen-bond donors (Lipinski definition) is 2. The molecule has 17 heavy (non-hydrogen) atoms. The topological polar surface area (TPSA) is 81.4 Å². The average Bonchev–Trinajstić information content (AvgIpc) is 2.78. The number of benzene rings is 1. The van der Waals surface area contributed by atoms with Crippen molar-refractivity contribution in [2.45, 2.75) is 11.3 Å². The van der Waals surface area contributed by atoms with Gasteiger partial charge in [-0.05, 0) is 25.1 Å². The number of primary sulfonamides is 1. The molecule has 1 atom stereocenters. The summed E-state index contributed by atoms with van der Waals surface area (Å²) in [7, 11) is -3.72. The quantitative estimate of drug-likeness (QED) is 0.813. The first kappa shape index (κ1) is 12.3. The normalized spacial score (nSPS) is 20.4. The average molecular weight is 256 g/mol. The van der Waals surface area contributed by atoms with Crippen molar-refractivity contribution >= 4 is 10.0 Å². The zero-order chi connectivity index (χ0) is 12.3. The van der Waals surface area contributed by atoms with Crippen LogP contribution in [-0.2, 0) is 10.0 Å². The highest BCUT2D eigenvalue weighted by molar-refractivity contribution is 7.89. The van der Waals surface area contributed by atoms with Crippen LogP contribution in [0.4, 0.5) is 0 Å². The molecule has 1 heterocycles. The zero-order valence-electron chi connectivity index (χ0n) is 9.43. The van der Waals surface area contributed by atoms with Crippen LogP contribution in [0.5, 0.6) is 5.75 Å². The molecule has 1 unspecified atom stereocenters. The van der Waals surface area contributed by atoms with E-state index < -0.39 is 10.0 Å². The Hall–Kier alpha value is -1.11. The van der Waals surface area contributed by atoms with Crippen LogP contribution < -0.4 is 15.2 Å². The van der Waals surface area contributed by atoms with E-state index in [0.717, 1.165) is 19.5 Å². The number of nitrogens with one attached hydrogen (secondary N) is 1. The van der Waals surface area contributed by atoms with Crippen LogP contribution in [0, 0.1) is 5.92 Å². The van der Waals surface area contributed by atoms with E-state index >= 15 is 0 Å². The monoisotopic (exact) mass is 256 g/mol. The number of para-hydroxylation sites is 1. The molecule has 0 radical (unpaired) electrons. The number of nitrogens with two attached hydrogens (primary N) is 1. The second-order valence-electron chi connectivity index (χ2n) is 4.16. The van der Waals surface area contributed by atoms with Crippen molar-refractivity contribution in [3.63, 3.8) is 0 Å². The van der Waals surface area contributed by atoms with Gasteiger partial charge in [-0.25, -0.2) is 13.6 Å². The van der Waals surface area contributed by atoms with E-state index in [0.29, 0.717) is 18.3 Å². The summed E-state index contributed by atoms with van der Waals surface area (Å²) in [5.74, 6) is 0.769. The van der Waals surface area contributed by atoms with Crippen LogP contribution in [0.15, 0.2) is 29.2 Å². The summed E-state index contributed by atoms with van der Waals surface area (Å²) in [4.78, 5) is 0.0472. The second-order valence-corrected chi connectivity index (χ2v) is 5.69. The molecule has 5 nitrogen and oxygen atoms in total. The molecule has 1 aromatic rings. The first-order valence-corrected chi connectivity index (χ1v) is 7.07. The minimum absolute atomic E-state index is 0.0472. The van der Waals surface area contributed by atoms with Crippen LogP contribution in [0.2, 0.25) is 0 Å². The predicted octanol–water partition coefficient (Wildman–Crippen LogP) is 0.322. The van der Waals surface area contributed by atoms with Gasteiger partial charge >= 0.3 is 0 Å². The smallest absolute Gasteiger partial charge is 0.241 e. The van der Waals surface area contributed by atoms with Crippen molar-refractivity contribution in [1.82, 2.24) is 5.32 Å². The minimum atomic E-state index is -3.72. The summed E-state index contributed by atoms with van der Waals surface area (Å²) < 4.78 is 28.2. The Labute approximate surface area is 101 Å². The lowest BCUT2D eigenvalue weighted by Gasteiger charge is -2.13. The number of sulfonamides is 1. The summed E-state index contributed by atoms with van der Waals surface area (Å²) in [6.07, 6.45) is 1.05. The van der Waals surface area contributed by atoms with Crippen LogP contribution in [0.1, 0.15) is 6.42 Å². The van der Waals surface area contributed by atoms with Crippen LogP contribution >= 0.6 is 0 Å². The van der Waals surface area contributed by atoms with E-state index in [1.165, 1.54) is 6.07 Å². The fourth-order valence-corrected chi connectivity index (χ4v) is 2.54. The number of hydrogen-bond acceptors (Lipinski definition) is 4. The van der Waals surface area contributed by atoms with Gasteiger partial charge in [0.25, 0.3) is 0 Å². The second kappa shape index (κ2) is 5.03. The molecule has 3 N–H and O–H groups in total. The standard InChI is InChI=1S/C11H16N2O3S/c12-17(14,15)11-4-2-1-3-10(11)16-8-9-5-6-13-7-9/h1-4,9,13H,5-8H2,(H2,12,14,15). The van der Waals surface area contributed by atoms with E-state index in [1.54, 1.807) is 18.2 Å². The maximum absolute atomic E-state index is 11.3. The van der Waals surface area contributed by atoms with Gasteiger partial charge in [0.2, 0.25) is 10.0 Å². The lowest BCUT2D eigenvalue weighted by Crippen LogP contribution is -2.18. The molecule has 1 aliphatic rings. The van der Waals surface area contributed by atoms with Crippen molar-refractivity contribution in [2.75, 3.05) is 19.7 Å². The van der Waals surface area contributed by atoms with E-state index in [-0.39, 0.29) is 4.90 Å². The van der Waals surface area contributed by atoms with Crippen molar-refractivity contribution < 1.29 is 13.2 Å². The summed E-state index contributed by atoms with van der Waals surface area (Å²) >= 11 is 0. The van der Waals surface area contributed by atoms with E-state index in [2.05, 4.69) is 5.32 Å². The first-order chi connectivity index (χ1) is 8.07. The summed E-state index contributed by atoms with van der Waals surface area (Å²) in [6.45, 7) is 2.42. The molecule has 0 saturated carbocycles.